The van der Waals surface area contributed by atoms with Crippen molar-refractivity contribution >= 4 is 22.4 Å². The van der Waals surface area contributed by atoms with Crippen molar-refractivity contribution in [3.63, 3.8) is 0 Å². The summed E-state index contributed by atoms with van der Waals surface area (Å²) < 4.78 is 15.1. The number of carbonyl (C=O) groups is 1. The number of amides is 1. The summed E-state index contributed by atoms with van der Waals surface area (Å²) in [6.07, 6.45) is 8.17. The van der Waals surface area contributed by atoms with Gasteiger partial charge in [0.25, 0.3) is 11.5 Å². The number of allylic oxidation sites excluding steroid dienone is 2. The van der Waals surface area contributed by atoms with E-state index in [1.165, 1.54) is 15.6 Å². The number of rotatable bonds is 4. The minimum atomic E-state index is -0.666. The van der Waals surface area contributed by atoms with Gasteiger partial charge in [0.05, 0.1) is 17.4 Å². The highest BCUT2D eigenvalue weighted by Gasteiger charge is 2.17. The van der Waals surface area contributed by atoms with Gasteiger partial charge in [0.2, 0.25) is 0 Å². The Bertz CT molecular complexity index is 1590. The van der Waals surface area contributed by atoms with Crippen molar-refractivity contribution in [2.75, 3.05) is 0 Å². The molecule has 2 N–H and O–H groups in total. The average Bonchev–Trinajstić information content (AvgIpc) is 2.87. The van der Waals surface area contributed by atoms with Crippen LogP contribution in [-0.4, -0.2) is 30.4 Å². The molecule has 1 aliphatic rings. The molecule has 0 unspecified atom stereocenters. The molecule has 0 spiro atoms. The molecule has 0 atom stereocenters. The molecule has 3 heterocycles. The van der Waals surface area contributed by atoms with Gasteiger partial charge < -0.3 is 0 Å². The van der Waals surface area contributed by atoms with E-state index in [0.717, 1.165) is 17.7 Å². The first-order valence-corrected chi connectivity index (χ1v) is 10.3. The lowest BCUT2D eigenvalue weighted by atomic mass is 10.1. The number of nitrogens with one attached hydrogen (secondary N) is 2. The number of H-pyrrole nitrogens is 1. The van der Waals surface area contributed by atoms with Crippen molar-refractivity contribution in [1.82, 2.24) is 30.0 Å². The van der Waals surface area contributed by atoms with E-state index < -0.39 is 17.1 Å². The molecule has 0 saturated heterocycles. The van der Waals surface area contributed by atoms with Crippen molar-refractivity contribution in [2.24, 2.45) is 0 Å². The molecule has 0 saturated carbocycles. The van der Waals surface area contributed by atoms with E-state index in [9.17, 15) is 18.8 Å². The maximum absolute atomic E-state index is 13.8. The molecule has 0 radical (unpaired) electrons. The van der Waals surface area contributed by atoms with Crippen molar-refractivity contribution in [1.29, 1.82) is 0 Å². The summed E-state index contributed by atoms with van der Waals surface area (Å²) in [5.74, 6) is -0.367. The van der Waals surface area contributed by atoms with Crippen LogP contribution in [0.3, 0.4) is 0 Å². The van der Waals surface area contributed by atoms with Crippen LogP contribution in [0.25, 0.3) is 16.5 Å². The Hall–Kier alpha value is -4.86. The number of aromatic nitrogens is 4. The van der Waals surface area contributed by atoms with Crippen molar-refractivity contribution in [3.8, 4) is 0 Å². The summed E-state index contributed by atoms with van der Waals surface area (Å²) in [4.78, 5) is 48.1. The number of carbonyl (C=O) groups excluding carboxylic acids is 1. The first-order chi connectivity index (χ1) is 16.5. The highest BCUT2D eigenvalue weighted by Crippen LogP contribution is 2.17. The zero-order chi connectivity index (χ0) is 23.7. The smallest absolute Gasteiger partial charge is 0.298 e. The third-order valence-electron chi connectivity index (χ3n) is 5.28. The number of fused-ring (bicyclic) bond motifs is 1. The second-order valence-corrected chi connectivity index (χ2v) is 7.50. The van der Waals surface area contributed by atoms with Gasteiger partial charge in [-0.15, -0.1) is 0 Å². The fourth-order valence-electron chi connectivity index (χ4n) is 3.64. The third-order valence-corrected chi connectivity index (χ3v) is 5.28. The van der Waals surface area contributed by atoms with E-state index in [4.69, 9.17) is 0 Å². The molecule has 4 aromatic rings. The Morgan fingerprint density at radius 2 is 1.85 bits per heavy atom. The second kappa shape index (κ2) is 8.58. The lowest BCUT2D eigenvalue weighted by Gasteiger charge is -2.22. The quantitative estimate of drug-likeness (QED) is 0.487. The van der Waals surface area contributed by atoms with E-state index in [1.807, 2.05) is 0 Å². The Morgan fingerprint density at radius 3 is 2.62 bits per heavy atom. The molecular formula is C24H17FN6O3. The summed E-state index contributed by atoms with van der Waals surface area (Å²) in [6, 6.07) is 12.1. The van der Waals surface area contributed by atoms with Gasteiger partial charge in [-0.1, -0.05) is 12.1 Å². The van der Waals surface area contributed by atoms with Crippen LogP contribution in [-0.2, 0) is 6.54 Å². The predicted molar refractivity (Wildman–Crippen MR) is 123 cm³/mol. The van der Waals surface area contributed by atoms with Crippen LogP contribution in [0.4, 0.5) is 4.39 Å². The molecular weight excluding hydrogens is 439 g/mol. The zero-order valence-corrected chi connectivity index (χ0v) is 17.6. The number of aromatic amines is 1. The largest absolute Gasteiger partial charge is 0.329 e. The van der Waals surface area contributed by atoms with Gasteiger partial charge in [-0.3, -0.25) is 24.6 Å². The van der Waals surface area contributed by atoms with Gasteiger partial charge in [-0.2, -0.15) is 0 Å². The van der Waals surface area contributed by atoms with E-state index in [-0.39, 0.29) is 23.4 Å². The molecule has 5 rings (SSSR count). The van der Waals surface area contributed by atoms with Crippen molar-refractivity contribution < 1.29 is 9.18 Å². The normalized spacial score (nSPS) is 13.0. The molecule has 34 heavy (non-hydrogen) atoms. The number of halogens is 1. The minimum Gasteiger partial charge on any atom is -0.298 e. The highest BCUT2D eigenvalue weighted by atomic mass is 19.1. The van der Waals surface area contributed by atoms with Gasteiger partial charge in [-0.25, -0.2) is 24.2 Å². The first kappa shape index (κ1) is 21.0. The van der Waals surface area contributed by atoms with Crippen LogP contribution in [0, 0.1) is 5.82 Å². The molecule has 1 aliphatic heterocycles. The van der Waals surface area contributed by atoms with Gasteiger partial charge in [-0.05, 0) is 48.0 Å². The first-order valence-electron chi connectivity index (χ1n) is 10.3. The van der Waals surface area contributed by atoms with Gasteiger partial charge in [0.1, 0.15) is 5.82 Å². The highest BCUT2D eigenvalue weighted by molar-refractivity contribution is 5.95. The third kappa shape index (κ3) is 3.99. The number of hydrogen-bond donors (Lipinski definition) is 2. The molecule has 0 bridgehead atoms. The van der Waals surface area contributed by atoms with Crippen molar-refractivity contribution in [3.05, 3.63) is 123 Å². The Labute approximate surface area is 191 Å². The average molecular weight is 456 g/mol. The minimum absolute atomic E-state index is 0.0371. The molecule has 0 aliphatic carbocycles. The van der Waals surface area contributed by atoms with Gasteiger partial charge in [0, 0.05) is 35.9 Å². The maximum atomic E-state index is 13.8. The Kier molecular flexibility index (Phi) is 5.30. The summed E-state index contributed by atoms with van der Waals surface area (Å²) in [5.41, 5.74) is 3.53. The Morgan fingerprint density at radius 1 is 1.03 bits per heavy atom. The molecule has 1 amide bonds. The lowest BCUT2D eigenvalue weighted by Crippen LogP contribution is -2.37. The van der Waals surface area contributed by atoms with Crippen LogP contribution in [0.15, 0.2) is 89.0 Å². The van der Waals surface area contributed by atoms with E-state index in [1.54, 1.807) is 61.2 Å². The second-order valence-electron chi connectivity index (χ2n) is 7.50. The fourth-order valence-corrected chi connectivity index (χ4v) is 3.64. The SMILES string of the molecule is O=C(c1cccc(Cn2c(=O)[nH]c(=O)c3ccc(F)cc32)c1)N1C=CC(c2ncccn2)=CN1. The predicted octanol–water partition coefficient (Wildman–Crippen LogP) is 2.18. The van der Waals surface area contributed by atoms with Crippen LogP contribution < -0.4 is 16.7 Å². The molecule has 2 aromatic heterocycles. The van der Waals surface area contributed by atoms with Crippen molar-refractivity contribution in [2.45, 2.75) is 6.54 Å². The van der Waals surface area contributed by atoms with Gasteiger partial charge in [0.15, 0.2) is 5.82 Å². The molecule has 168 valence electrons. The zero-order valence-electron chi connectivity index (χ0n) is 17.6. The summed E-state index contributed by atoms with van der Waals surface area (Å²) in [7, 11) is 0. The number of hydrazine groups is 1. The van der Waals surface area contributed by atoms with Gasteiger partial charge >= 0.3 is 5.69 Å². The number of nitrogens with zero attached hydrogens (tertiary/aromatic N) is 4. The standard InChI is InChI=1S/C24H17FN6O3/c25-18-5-6-19-20(12-18)30(24(34)29-22(19)32)14-15-3-1-4-16(11-15)23(33)31-10-7-17(13-28-31)21-26-8-2-9-27-21/h1-13,28H,14H2,(H,29,32,34). The van der Waals surface area contributed by atoms with E-state index in [0.29, 0.717) is 17.0 Å². The van der Waals surface area contributed by atoms with Crippen LogP contribution in [0.2, 0.25) is 0 Å². The summed E-state index contributed by atoms with van der Waals surface area (Å²) in [6.45, 7) is 0.0371. The number of benzene rings is 2. The molecule has 0 fully saturated rings. The number of hydrogen-bond acceptors (Lipinski definition) is 6. The lowest BCUT2D eigenvalue weighted by molar-refractivity contribution is 0.0780. The van der Waals surface area contributed by atoms with E-state index in [2.05, 4.69) is 20.4 Å². The van der Waals surface area contributed by atoms with Crippen LogP contribution >= 0.6 is 0 Å². The van der Waals surface area contributed by atoms with Crippen LogP contribution in [0.1, 0.15) is 21.7 Å². The van der Waals surface area contributed by atoms with E-state index >= 15 is 0 Å². The fraction of sp³-hybridized carbons (Fsp3) is 0.0417. The monoisotopic (exact) mass is 456 g/mol. The molecule has 9 nitrogen and oxygen atoms in total. The topological polar surface area (TPSA) is 113 Å². The Balaban J connectivity index is 1.40. The molecule has 10 heteroatoms. The maximum Gasteiger partial charge on any atom is 0.329 e. The summed E-state index contributed by atoms with van der Waals surface area (Å²) in [5, 5.41) is 1.50. The summed E-state index contributed by atoms with van der Waals surface area (Å²) >= 11 is 0. The van der Waals surface area contributed by atoms with Crippen LogP contribution in [0.5, 0.6) is 0 Å². The molecule has 2 aromatic carbocycles.